The summed E-state index contributed by atoms with van der Waals surface area (Å²) >= 11 is 3.34. The van der Waals surface area contributed by atoms with E-state index in [1.807, 2.05) is 32.9 Å². The van der Waals surface area contributed by atoms with Crippen molar-refractivity contribution < 1.29 is 9.53 Å². The molecule has 0 unspecified atom stereocenters. The largest absolute Gasteiger partial charge is 0.487 e. The average Bonchev–Trinajstić information content (AvgIpc) is 2.05. The molecule has 0 aliphatic carbocycles. The van der Waals surface area contributed by atoms with Crippen molar-refractivity contribution >= 4 is 21.7 Å². The monoisotopic (exact) mass is 270 g/mol. The number of rotatable bonds is 2. The van der Waals surface area contributed by atoms with Crippen LogP contribution in [0.1, 0.15) is 38.1 Å². The molecule has 0 heterocycles. The second kappa shape index (κ2) is 4.35. The van der Waals surface area contributed by atoms with Gasteiger partial charge in [-0.3, -0.25) is 4.79 Å². The average molecular weight is 271 g/mol. The topological polar surface area (TPSA) is 26.3 Å². The van der Waals surface area contributed by atoms with Gasteiger partial charge in [0, 0.05) is 4.47 Å². The number of benzene rings is 1. The maximum atomic E-state index is 11.4. The number of ketones is 1. The zero-order valence-electron chi connectivity index (χ0n) is 9.43. The lowest BCUT2D eigenvalue weighted by atomic mass is 10.1. The molecule has 0 aliphatic rings. The molecule has 2 nitrogen and oxygen atoms in total. The zero-order chi connectivity index (χ0) is 11.6. The smallest absolute Gasteiger partial charge is 0.163 e. The van der Waals surface area contributed by atoms with Crippen molar-refractivity contribution in [3.8, 4) is 5.75 Å². The van der Waals surface area contributed by atoms with Gasteiger partial charge in [-0.25, -0.2) is 0 Å². The van der Waals surface area contributed by atoms with Gasteiger partial charge in [0.1, 0.15) is 11.4 Å². The van der Waals surface area contributed by atoms with E-state index in [2.05, 4.69) is 15.9 Å². The molecule has 0 aromatic heterocycles. The van der Waals surface area contributed by atoms with E-state index in [0.29, 0.717) is 11.3 Å². The van der Waals surface area contributed by atoms with Gasteiger partial charge in [0.15, 0.2) is 5.78 Å². The minimum Gasteiger partial charge on any atom is -0.487 e. The molecule has 0 saturated heterocycles. The number of Topliss-reactive ketones (excluding diaryl/α,β-unsaturated/α-hetero) is 1. The molecule has 3 heteroatoms. The Labute approximate surface area is 98.8 Å². The Morgan fingerprint density at radius 2 is 1.93 bits per heavy atom. The van der Waals surface area contributed by atoms with Crippen LogP contribution in [0.4, 0.5) is 0 Å². The van der Waals surface area contributed by atoms with E-state index < -0.39 is 0 Å². The van der Waals surface area contributed by atoms with Crippen LogP contribution in [-0.4, -0.2) is 11.4 Å². The standard InChI is InChI=1S/C12H15BrO2/c1-8(14)10-7-9(13)5-6-11(10)15-12(2,3)4/h5-7H,1-4H3. The predicted octanol–water partition coefficient (Wildman–Crippen LogP) is 3.83. The van der Waals surface area contributed by atoms with Crippen molar-refractivity contribution in [1.82, 2.24) is 0 Å². The normalized spacial score (nSPS) is 11.3. The highest BCUT2D eigenvalue weighted by Gasteiger charge is 2.16. The summed E-state index contributed by atoms with van der Waals surface area (Å²) in [4.78, 5) is 11.4. The van der Waals surface area contributed by atoms with Crippen LogP contribution < -0.4 is 4.74 Å². The summed E-state index contributed by atoms with van der Waals surface area (Å²) in [6, 6.07) is 5.46. The van der Waals surface area contributed by atoms with E-state index in [9.17, 15) is 4.79 Å². The van der Waals surface area contributed by atoms with Gasteiger partial charge in [-0.15, -0.1) is 0 Å². The lowest BCUT2D eigenvalue weighted by molar-refractivity contribution is 0.0990. The van der Waals surface area contributed by atoms with Crippen LogP contribution in [0.3, 0.4) is 0 Å². The summed E-state index contributed by atoms with van der Waals surface area (Å²) in [6.45, 7) is 7.41. The molecule has 0 N–H and O–H groups in total. The molecule has 0 amide bonds. The Bertz CT molecular complexity index is 378. The Hall–Kier alpha value is -0.830. The third-order valence-corrected chi connectivity index (χ3v) is 2.23. The second-order valence-electron chi connectivity index (χ2n) is 4.41. The summed E-state index contributed by atoms with van der Waals surface area (Å²) < 4.78 is 6.59. The number of hydrogen-bond acceptors (Lipinski definition) is 2. The Morgan fingerprint density at radius 3 is 2.40 bits per heavy atom. The first-order chi connectivity index (χ1) is 6.79. The van der Waals surface area contributed by atoms with Crippen LogP contribution in [-0.2, 0) is 0 Å². The van der Waals surface area contributed by atoms with E-state index in [4.69, 9.17) is 4.74 Å². The van der Waals surface area contributed by atoms with Crippen molar-refractivity contribution in [3.05, 3.63) is 28.2 Å². The molecule has 15 heavy (non-hydrogen) atoms. The summed E-state index contributed by atoms with van der Waals surface area (Å²) in [7, 11) is 0. The molecule has 0 aliphatic heterocycles. The number of hydrogen-bond donors (Lipinski definition) is 0. The van der Waals surface area contributed by atoms with Crippen molar-refractivity contribution in [2.45, 2.75) is 33.3 Å². The molecular weight excluding hydrogens is 256 g/mol. The number of carbonyl (C=O) groups is 1. The van der Waals surface area contributed by atoms with E-state index in [-0.39, 0.29) is 11.4 Å². The van der Waals surface area contributed by atoms with Gasteiger partial charge < -0.3 is 4.74 Å². The molecule has 0 saturated carbocycles. The van der Waals surface area contributed by atoms with E-state index >= 15 is 0 Å². The van der Waals surface area contributed by atoms with Crippen LogP contribution in [0.15, 0.2) is 22.7 Å². The predicted molar refractivity (Wildman–Crippen MR) is 64.5 cm³/mol. The minimum absolute atomic E-state index is 0.00977. The first-order valence-electron chi connectivity index (χ1n) is 4.79. The highest BCUT2D eigenvalue weighted by atomic mass is 79.9. The first kappa shape index (κ1) is 12.2. The molecule has 1 aromatic rings. The van der Waals surface area contributed by atoms with Crippen LogP contribution in [0, 0.1) is 0 Å². The fourth-order valence-electron chi connectivity index (χ4n) is 1.20. The molecular formula is C12H15BrO2. The second-order valence-corrected chi connectivity index (χ2v) is 5.33. The van der Waals surface area contributed by atoms with Gasteiger partial charge in [-0.1, -0.05) is 15.9 Å². The van der Waals surface area contributed by atoms with Crippen LogP contribution in [0.25, 0.3) is 0 Å². The number of halogens is 1. The molecule has 82 valence electrons. The highest BCUT2D eigenvalue weighted by molar-refractivity contribution is 9.10. The zero-order valence-corrected chi connectivity index (χ0v) is 11.0. The fourth-order valence-corrected chi connectivity index (χ4v) is 1.56. The van der Waals surface area contributed by atoms with Crippen LogP contribution >= 0.6 is 15.9 Å². The molecule has 0 bridgehead atoms. The Kier molecular flexibility index (Phi) is 3.55. The van der Waals surface area contributed by atoms with Crippen LogP contribution in [0.2, 0.25) is 0 Å². The van der Waals surface area contributed by atoms with Crippen LogP contribution in [0.5, 0.6) is 5.75 Å². The van der Waals surface area contributed by atoms with Gasteiger partial charge in [-0.2, -0.15) is 0 Å². The third kappa shape index (κ3) is 3.67. The Morgan fingerprint density at radius 1 is 1.33 bits per heavy atom. The van der Waals surface area contributed by atoms with Gasteiger partial charge in [0.25, 0.3) is 0 Å². The Balaban J connectivity index is 3.12. The molecule has 0 radical (unpaired) electrons. The van der Waals surface area contributed by atoms with Gasteiger partial charge in [0.05, 0.1) is 5.56 Å². The summed E-state index contributed by atoms with van der Waals surface area (Å²) in [5.74, 6) is 0.647. The minimum atomic E-state index is -0.294. The third-order valence-electron chi connectivity index (χ3n) is 1.74. The summed E-state index contributed by atoms with van der Waals surface area (Å²) in [5, 5.41) is 0. The summed E-state index contributed by atoms with van der Waals surface area (Å²) in [5.41, 5.74) is 0.317. The first-order valence-corrected chi connectivity index (χ1v) is 5.58. The molecule has 1 rings (SSSR count). The van der Waals surface area contributed by atoms with E-state index in [1.165, 1.54) is 6.92 Å². The quantitative estimate of drug-likeness (QED) is 0.764. The van der Waals surface area contributed by atoms with Gasteiger partial charge in [0.2, 0.25) is 0 Å². The number of ether oxygens (including phenoxy) is 1. The van der Waals surface area contributed by atoms with Gasteiger partial charge in [-0.05, 0) is 45.9 Å². The maximum absolute atomic E-state index is 11.4. The van der Waals surface area contributed by atoms with Crippen molar-refractivity contribution in [3.63, 3.8) is 0 Å². The van der Waals surface area contributed by atoms with E-state index in [1.54, 1.807) is 6.07 Å². The summed E-state index contributed by atoms with van der Waals surface area (Å²) in [6.07, 6.45) is 0. The lowest BCUT2D eigenvalue weighted by Gasteiger charge is -2.22. The van der Waals surface area contributed by atoms with Crippen molar-refractivity contribution in [2.24, 2.45) is 0 Å². The van der Waals surface area contributed by atoms with Gasteiger partial charge >= 0.3 is 0 Å². The van der Waals surface area contributed by atoms with E-state index in [0.717, 1.165) is 4.47 Å². The number of carbonyl (C=O) groups excluding carboxylic acids is 1. The fraction of sp³-hybridized carbons (Fsp3) is 0.417. The molecule has 0 atom stereocenters. The maximum Gasteiger partial charge on any atom is 0.163 e. The van der Waals surface area contributed by atoms with Crippen molar-refractivity contribution in [2.75, 3.05) is 0 Å². The molecule has 1 aromatic carbocycles. The van der Waals surface area contributed by atoms with Crippen molar-refractivity contribution in [1.29, 1.82) is 0 Å². The lowest BCUT2D eigenvalue weighted by Crippen LogP contribution is -2.24. The molecule has 0 spiro atoms. The molecule has 0 fully saturated rings. The SMILES string of the molecule is CC(=O)c1cc(Br)ccc1OC(C)(C)C. The highest BCUT2D eigenvalue weighted by Crippen LogP contribution is 2.26.